The van der Waals surface area contributed by atoms with Crippen molar-refractivity contribution in [3.8, 4) is 0 Å². The molecule has 0 bridgehead atoms. The topological polar surface area (TPSA) is 12.4 Å². The second-order valence-electron chi connectivity index (χ2n) is 4.17. The lowest BCUT2D eigenvalue weighted by Gasteiger charge is -2.12. The molecule has 11 heavy (non-hydrogen) atoms. The van der Waals surface area contributed by atoms with Crippen molar-refractivity contribution >= 4 is 6.21 Å². The van der Waals surface area contributed by atoms with Gasteiger partial charge in [-0.25, -0.2) is 0 Å². The Hall–Kier alpha value is -0.590. The summed E-state index contributed by atoms with van der Waals surface area (Å²) in [6.45, 7) is 14.3. The molecule has 0 heterocycles. The Kier molecular flexibility index (Phi) is 3.50. The van der Waals surface area contributed by atoms with Crippen LogP contribution in [0.25, 0.3) is 0 Å². The lowest BCUT2D eigenvalue weighted by molar-refractivity contribution is 0.601. The third-order valence-electron chi connectivity index (χ3n) is 1.40. The fourth-order valence-corrected chi connectivity index (χ4v) is 0.463. The highest BCUT2D eigenvalue weighted by Crippen LogP contribution is 2.10. The Morgan fingerprint density at radius 2 is 1.91 bits per heavy atom. The molecule has 64 valence electrons. The standard InChI is InChI=1S/C10H19N/c1-8(2)9(3)11-7-10(4,5)6/h7,9H,1H2,2-6H3. The van der Waals surface area contributed by atoms with E-state index >= 15 is 0 Å². The predicted molar refractivity (Wildman–Crippen MR) is 52.2 cm³/mol. The first-order valence-electron chi connectivity index (χ1n) is 4.02. The average Bonchev–Trinajstić information content (AvgIpc) is 1.80. The molecule has 0 fully saturated rings. The number of nitrogens with zero attached hydrogens (tertiary/aromatic N) is 1. The summed E-state index contributed by atoms with van der Waals surface area (Å²) in [5, 5.41) is 0. The van der Waals surface area contributed by atoms with E-state index in [1.165, 1.54) is 0 Å². The van der Waals surface area contributed by atoms with Crippen LogP contribution < -0.4 is 0 Å². The number of aliphatic imine (C=N–C) groups is 1. The third-order valence-corrected chi connectivity index (χ3v) is 1.40. The molecule has 0 N–H and O–H groups in total. The summed E-state index contributed by atoms with van der Waals surface area (Å²) in [7, 11) is 0. The van der Waals surface area contributed by atoms with Crippen molar-refractivity contribution in [2.75, 3.05) is 0 Å². The second-order valence-corrected chi connectivity index (χ2v) is 4.17. The zero-order valence-electron chi connectivity index (χ0n) is 8.31. The summed E-state index contributed by atoms with van der Waals surface area (Å²) in [4.78, 5) is 4.37. The molecular formula is C10H19N. The Bertz CT molecular complexity index is 160. The van der Waals surface area contributed by atoms with Crippen molar-refractivity contribution in [1.29, 1.82) is 0 Å². The van der Waals surface area contributed by atoms with Gasteiger partial charge in [0.2, 0.25) is 0 Å². The Balaban J connectivity index is 4.04. The van der Waals surface area contributed by atoms with Crippen LogP contribution in [-0.4, -0.2) is 12.3 Å². The van der Waals surface area contributed by atoms with E-state index in [4.69, 9.17) is 0 Å². The summed E-state index contributed by atoms with van der Waals surface area (Å²) in [6.07, 6.45) is 1.99. The minimum absolute atomic E-state index is 0.184. The third kappa shape index (κ3) is 5.84. The van der Waals surface area contributed by atoms with E-state index in [-0.39, 0.29) is 11.5 Å². The molecule has 0 aliphatic carbocycles. The van der Waals surface area contributed by atoms with E-state index in [0.717, 1.165) is 5.57 Å². The Morgan fingerprint density at radius 1 is 1.45 bits per heavy atom. The molecule has 0 rings (SSSR count). The van der Waals surface area contributed by atoms with Gasteiger partial charge in [0.1, 0.15) is 0 Å². The molecule has 0 amide bonds. The van der Waals surface area contributed by atoms with Crippen LogP contribution in [0.3, 0.4) is 0 Å². The second kappa shape index (κ2) is 3.70. The quantitative estimate of drug-likeness (QED) is 0.427. The minimum atomic E-state index is 0.184. The van der Waals surface area contributed by atoms with Crippen LogP contribution in [0.2, 0.25) is 0 Å². The molecular weight excluding hydrogens is 134 g/mol. The highest BCUT2D eigenvalue weighted by molar-refractivity contribution is 5.64. The molecule has 0 aromatic heterocycles. The van der Waals surface area contributed by atoms with Crippen LogP contribution in [0.15, 0.2) is 17.1 Å². The molecule has 0 aliphatic rings. The van der Waals surface area contributed by atoms with Crippen molar-refractivity contribution in [3.05, 3.63) is 12.2 Å². The molecule has 0 aromatic carbocycles. The predicted octanol–water partition coefficient (Wildman–Crippen LogP) is 3.07. The van der Waals surface area contributed by atoms with Gasteiger partial charge in [0, 0.05) is 6.21 Å². The first-order valence-corrected chi connectivity index (χ1v) is 4.02. The van der Waals surface area contributed by atoms with Crippen LogP contribution in [-0.2, 0) is 0 Å². The highest BCUT2D eigenvalue weighted by atomic mass is 14.8. The first kappa shape index (κ1) is 10.4. The summed E-state index contributed by atoms with van der Waals surface area (Å²) in [6, 6.07) is 0.259. The van der Waals surface area contributed by atoms with Crippen molar-refractivity contribution in [1.82, 2.24) is 0 Å². The van der Waals surface area contributed by atoms with Gasteiger partial charge >= 0.3 is 0 Å². The van der Waals surface area contributed by atoms with E-state index in [9.17, 15) is 0 Å². The molecule has 0 radical (unpaired) electrons. The number of hydrogen-bond acceptors (Lipinski definition) is 1. The van der Waals surface area contributed by atoms with Gasteiger partial charge in [-0.1, -0.05) is 32.9 Å². The van der Waals surface area contributed by atoms with Gasteiger partial charge in [-0.05, 0) is 19.3 Å². The SMILES string of the molecule is C=C(C)C(C)N=CC(C)(C)C. The van der Waals surface area contributed by atoms with Crippen molar-refractivity contribution in [3.63, 3.8) is 0 Å². The van der Waals surface area contributed by atoms with Gasteiger partial charge in [-0.15, -0.1) is 0 Å². The maximum absolute atomic E-state index is 4.37. The highest BCUT2D eigenvalue weighted by Gasteiger charge is 2.06. The molecule has 0 saturated carbocycles. The van der Waals surface area contributed by atoms with Gasteiger partial charge < -0.3 is 0 Å². The van der Waals surface area contributed by atoms with Gasteiger partial charge in [-0.3, -0.25) is 4.99 Å². The zero-order chi connectivity index (χ0) is 9.07. The number of rotatable bonds is 2. The van der Waals surface area contributed by atoms with Crippen molar-refractivity contribution in [2.45, 2.75) is 40.7 Å². The van der Waals surface area contributed by atoms with Crippen molar-refractivity contribution < 1.29 is 0 Å². The van der Waals surface area contributed by atoms with Crippen LogP contribution in [0.4, 0.5) is 0 Å². The van der Waals surface area contributed by atoms with E-state index < -0.39 is 0 Å². The van der Waals surface area contributed by atoms with Crippen molar-refractivity contribution in [2.24, 2.45) is 10.4 Å². The molecule has 1 unspecified atom stereocenters. The van der Waals surface area contributed by atoms with Gasteiger partial charge in [-0.2, -0.15) is 0 Å². The fraction of sp³-hybridized carbons (Fsp3) is 0.700. The molecule has 0 aliphatic heterocycles. The molecule has 0 aromatic rings. The lowest BCUT2D eigenvalue weighted by Crippen LogP contribution is -2.09. The van der Waals surface area contributed by atoms with Gasteiger partial charge in [0.15, 0.2) is 0 Å². The normalized spacial score (nSPS) is 15.4. The maximum Gasteiger partial charge on any atom is 0.0671 e. The van der Waals surface area contributed by atoms with Crippen LogP contribution in [0, 0.1) is 5.41 Å². The smallest absolute Gasteiger partial charge is 0.0671 e. The van der Waals surface area contributed by atoms with Crippen LogP contribution in [0.5, 0.6) is 0 Å². The Morgan fingerprint density at radius 3 is 2.18 bits per heavy atom. The van der Waals surface area contributed by atoms with E-state index in [1.807, 2.05) is 13.1 Å². The molecule has 0 saturated heterocycles. The van der Waals surface area contributed by atoms with Crippen LogP contribution >= 0.6 is 0 Å². The summed E-state index contributed by atoms with van der Waals surface area (Å²) >= 11 is 0. The van der Waals surface area contributed by atoms with Crippen LogP contribution in [0.1, 0.15) is 34.6 Å². The monoisotopic (exact) mass is 153 g/mol. The van der Waals surface area contributed by atoms with E-state index in [2.05, 4.69) is 39.3 Å². The first-order chi connectivity index (χ1) is 4.83. The summed E-state index contributed by atoms with van der Waals surface area (Å²) in [5.74, 6) is 0. The zero-order valence-corrected chi connectivity index (χ0v) is 8.31. The van der Waals surface area contributed by atoms with E-state index in [1.54, 1.807) is 0 Å². The van der Waals surface area contributed by atoms with Gasteiger partial charge in [0.25, 0.3) is 0 Å². The molecule has 0 spiro atoms. The fourth-order valence-electron chi connectivity index (χ4n) is 0.463. The largest absolute Gasteiger partial charge is 0.290 e. The number of hydrogen-bond donors (Lipinski definition) is 0. The molecule has 1 nitrogen and oxygen atoms in total. The maximum atomic E-state index is 4.37. The van der Waals surface area contributed by atoms with Gasteiger partial charge in [0.05, 0.1) is 6.04 Å². The minimum Gasteiger partial charge on any atom is -0.290 e. The molecule has 1 atom stereocenters. The van der Waals surface area contributed by atoms with E-state index in [0.29, 0.717) is 0 Å². The summed E-state index contributed by atoms with van der Waals surface area (Å²) < 4.78 is 0. The average molecular weight is 153 g/mol. The lowest BCUT2D eigenvalue weighted by atomic mass is 9.99. The molecule has 1 heteroatoms. The summed E-state index contributed by atoms with van der Waals surface area (Å²) in [5.41, 5.74) is 1.30. The Labute approximate surface area is 70.2 Å².